The molecule has 0 fully saturated rings. The second-order valence-corrected chi connectivity index (χ2v) is 17.6. The van der Waals surface area contributed by atoms with E-state index in [1.165, 1.54) is 43.8 Å². The van der Waals surface area contributed by atoms with Gasteiger partial charge in [0.1, 0.15) is 0 Å². The van der Waals surface area contributed by atoms with E-state index in [-0.39, 0.29) is 29.2 Å². The van der Waals surface area contributed by atoms with Gasteiger partial charge in [0.2, 0.25) is 0 Å². The molecule has 0 aliphatic heterocycles. The van der Waals surface area contributed by atoms with Crippen molar-refractivity contribution in [3.05, 3.63) is 254 Å². The van der Waals surface area contributed by atoms with Crippen LogP contribution >= 0.6 is 16.3 Å². The fourth-order valence-corrected chi connectivity index (χ4v) is 10.2. The summed E-state index contributed by atoms with van der Waals surface area (Å²) < 4.78 is 13.2. The molecule has 0 heterocycles. The van der Waals surface area contributed by atoms with E-state index >= 15 is 0 Å². The van der Waals surface area contributed by atoms with E-state index in [2.05, 4.69) is 242 Å². The molecule has 0 unspecified atom stereocenters. The van der Waals surface area contributed by atoms with Gasteiger partial charge in [-0.25, -0.2) is 30.2 Å². The van der Waals surface area contributed by atoms with Crippen molar-refractivity contribution in [3.8, 4) is 0 Å². The number of allylic oxidation sites excluding steroid dienone is 1. The first-order chi connectivity index (χ1) is 28.8. The summed E-state index contributed by atoms with van der Waals surface area (Å²) in [6, 6.07) is 72.0. The maximum absolute atomic E-state index is 6.60. The van der Waals surface area contributed by atoms with Gasteiger partial charge in [0.05, 0.1) is 41.6 Å². The second-order valence-electron chi connectivity index (χ2n) is 13.8. The summed E-state index contributed by atoms with van der Waals surface area (Å²) in [4.78, 5) is 0. The average molecular weight is 853 g/mol. The fraction of sp³-hybridized carbons (Fsp3) is 0.115. The van der Waals surface area contributed by atoms with E-state index in [1.54, 1.807) is 0 Å². The fourth-order valence-electron chi connectivity index (χ4n) is 6.61. The van der Waals surface area contributed by atoms with Crippen LogP contribution in [-0.4, -0.2) is 19.8 Å². The van der Waals surface area contributed by atoms with Crippen LogP contribution in [0.5, 0.6) is 0 Å². The van der Waals surface area contributed by atoms with Crippen LogP contribution in [0.4, 0.5) is 0 Å². The molecule has 7 heteroatoms. The summed E-state index contributed by atoms with van der Waals surface area (Å²) in [5.41, 5.74) is 3.78. The molecule has 8 rings (SSSR count). The van der Waals surface area contributed by atoms with Gasteiger partial charge < -0.3 is 19.7 Å². The van der Waals surface area contributed by atoms with Crippen molar-refractivity contribution in [1.82, 2.24) is 10.6 Å². The Kier molecular flexibility index (Phi) is 18.3. The molecule has 0 amide bonds. The molecule has 7 aromatic rings. The maximum atomic E-state index is 6.60. The monoisotopic (exact) mass is 852 g/mol. The van der Waals surface area contributed by atoms with Gasteiger partial charge in [-0.1, -0.05) is 182 Å². The van der Waals surface area contributed by atoms with Crippen LogP contribution < -0.4 is 31.9 Å². The minimum absolute atomic E-state index is 0. The Bertz CT molecular complexity index is 2080. The van der Waals surface area contributed by atoms with Crippen molar-refractivity contribution in [2.24, 2.45) is 0 Å². The van der Waals surface area contributed by atoms with Crippen molar-refractivity contribution < 1.29 is 26.1 Å². The largest absolute Gasteiger partial charge is 2.00 e. The predicted octanol–water partition coefficient (Wildman–Crippen LogP) is 10.2. The van der Waals surface area contributed by atoms with Crippen LogP contribution in [0.25, 0.3) is 0 Å². The minimum atomic E-state index is -0.869. The predicted molar refractivity (Wildman–Crippen MR) is 246 cm³/mol. The summed E-state index contributed by atoms with van der Waals surface area (Å²) in [5.74, 6) is 1.29. The molecule has 1 aliphatic rings. The summed E-state index contributed by atoms with van der Waals surface area (Å²) in [6.07, 6.45) is 8.46. The Balaban J connectivity index is 0.000000195. The summed E-state index contributed by atoms with van der Waals surface area (Å²) in [7, 11) is -1.74. The zero-order chi connectivity index (χ0) is 39.5. The van der Waals surface area contributed by atoms with E-state index < -0.39 is 16.3 Å². The molecule has 0 saturated carbocycles. The van der Waals surface area contributed by atoms with Crippen molar-refractivity contribution in [2.75, 3.05) is 19.8 Å². The van der Waals surface area contributed by atoms with Crippen LogP contribution in [0.1, 0.15) is 28.8 Å². The SMILES string of the molecule is [CH]1[CH][C-](CN[C@H](COP(c2ccccc2)c2ccccc2)c2ccccc2)C=C1.[Fe+2].c1ccc([C@@H](COP(c2ccccc2)c2ccccc2)NCc2ccc[cH-]2)cc1. The van der Waals surface area contributed by atoms with E-state index in [0.29, 0.717) is 13.2 Å². The number of rotatable bonds is 18. The average Bonchev–Trinajstić information content (AvgIpc) is 4.04. The second kappa shape index (κ2) is 24.6. The number of hydrogen-bond acceptors (Lipinski definition) is 4. The van der Waals surface area contributed by atoms with Gasteiger partial charge in [-0.3, -0.25) is 0 Å². The van der Waals surface area contributed by atoms with Gasteiger partial charge in [-0.05, 0) is 24.2 Å². The molecule has 2 N–H and O–H groups in total. The minimum Gasteiger partial charge on any atom is -0.348 e. The van der Waals surface area contributed by atoms with E-state index in [4.69, 9.17) is 9.05 Å². The van der Waals surface area contributed by atoms with Gasteiger partial charge in [-0.15, -0.1) is 12.8 Å². The zero-order valence-corrected chi connectivity index (χ0v) is 35.9. The standard InChI is InChI=1S/2C26H25NOP.Fe/c2*1-4-14-23(15-5-1)26(27-20-22-12-10-11-13-22)21-28-29(24-16-6-2-7-17-24)25-18-8-3-9-19-25;/h2*1-19,26-27H,20-21H2;/q2*-1;+2/t2*26-;/m11./s1. The quantitative estimate of drug-likeness (QED) is 0.0513. The number of benzene rings is 6. The molecule has 0 bridgehead atoms. The summed E-state index contributed by atoms with van der Waals surface area (Å²) in [5, 5.41) is 12.3. The molecule has 298 valence electrons. The van der Waals surface area contributed by atoms with Crippen LogP contribution in [-0.2, 0) is 32.7 Å². The van der Waals surface area contributed by atoms with Crippen LogP contribution in [0.2, 0.25) is 0 Å². The Labute approximate surface area is 364 Å². The Morgan fingerprint density at radius 2 is 0.898 bits per heavy atom. The van der Waals surface area contributed by atoms with Crippen molar-refractivity contribution in [1.29, 1.82) is 0 Å². The summed E-state index contributed by atoms with van der Waals surface area (Å²) >= 11 is 0. The maximum Gasteiger partial charge on any atom is 2.00 e. The molecule has 2 radical (unpaired) electrons. The molecular weight excluding hydrogens is 802 g/mol. The van der Waals surface area contributed by atoms with Crippen molar-refractivity contribution >= 4 is 37.5 Å². The topological polar surface area (TPSA) is 42.5 Å². The van der Waals surface area contributed by atoms with Crippen LogP contribution in [0.3, 0.4) is 0 Å². The first-order valence-electron chi connectivity index (χ1n) is 19.8. The van der Waals surface area contributed by atoms with Crippen LogP contribution in [0, 0.1) is 18.8 Å². The van der Waals surface area contributed by atoms with Crippen molar-refractivity contribution in [2.45, 2.75) is 18.6 Å². The third-order valence-electron chi connectivity index (χ3n) is 9.68. The first kappa shape index (κ1) is 44.1. The molecular formula is C52H50FeN2O2P2. The van der Waals surface area contributed by atoms with Gasteiger partial charge in [0.15, 0.2) is 0 Å². The Hall–Kier alpha value is -4.50. The normalized spacial score (nSPS) is 13.1. The molecule has 59 heavy (non-hydrogen) atoms. The van der Waals surface area contributed by atoms with Gasteiger partial charge in [0.25, 0.3) is 0 Å². The molecule has 4 nitrogen and oxygen atoms in total. The van der Waals surface area contributed by atoms with E-state index in [9.17, 15) is 0 Å². The molecule has 0 spiro atoms. The van der Waals surface area contributed by atoms with Gasteiger partial charge in [-0.2, -0.15) is 17.7 Å². The molecule has 7 aromatic carbocycles. The third-order valence-corrected chi connectivity index (χ3v) is 13.6. The van der Waals surface area contributed by atoms with Crippen LogP contribution in [0.15, 0.2) is 218 Å². The number of nitrogens with one attached hydrogen (secondary N) is 2. The molecule has 0 saturated heterocycles. The van der Waals surface area contributed by atoms with E-state index in [1.807, 2.05) is 0 Å². The zero-order valence-electron chi connectivity index (χ0n) is 33.0. The molecule has 0 aromatic heterocycles. The van der Waals surface area contributed by atoms with Gasteiger partial charge in [0, 0.05) is 21.2 Å². The number of hydrogen-bond donors (Lipinski definition) is 2. The Morgan fingerprint density at radius 3 is 1.27 bits per heavy atom. The third kappa shape index (κ3) is 13.8. The molecule has 1 aliphatic carbocycles. The van der Waals surface area contributed by atoms with Crippen molar-refractivity contribution in [3.63, 3.8) is 0 Å². The van der Waals surface area contributed by atoms with Gasteiger partial charge >= 0.3 is 17.1 Å². The smallest absolute Gasteiger partial charge is 0.348 e. The first-order valence-corrected chi connectivity index (χ1v) is 22.4. The molecule has 2 atom stereocenters. The van der Waals surface area contributed by atoms with E-state index in [0.717, 1.165) is 13.1 Å². The Morgan fingerprint density at radius 1 is 0.492 bits per heavy atom. The summed E-state index contributed by atoms with van der Waals surface area (Å²) in [6.45, 7) is 2.87.